The highest BCUT2D eigenvalue weighted by molar-refractivity contribution is 14.0. The maximum atomic E-state index is 11.6. The number of hydrogen-bond acceptors (Lipinski definition) is 5. The van der Waals surface area contributed by atoms with Gasteiger partial charge in [0.1, 0.15) is 5.82 Å². The van der Waals surface area contributed by atoms with Crippen molar-refractivity contribution < 1.29 is 4.79 Å². The van der Waals surface area contributed by atoms with Crippen molar-refractivity contribution in [3.05, 3.63) is 54.2 Å². The molecule has 1 amide bonds. The Morgan fingerprint density at radius 1 is 1.06 bits per heavy atom. The molecule has 0 atom stereocenters. The van der Waals surface area contributed by atoms with Crippen LogP contribution in [0.4, 0.5) is 11.5 Å². The molecule has 3 heterocycles. The number of nitrogens with zero attached hydrogens (tertiary/aromatic N) is 5. The van der Waals surface area contributed by atoms with E-state index in [1.54, 1.807) is 0 Å². The number of guanidine groups is 1. The number of anilines is 2. The molecule has 2 aromatic rings. The lowest BCUT2D eigenvalue weighted by Crippen LogP contribution is -2.52. The van der Waals surface area contributed by atoms with Crippen molar-refractivity contribution in [3.8, 4) is 0 Å². The zero-order chi connectivity index (χ0) is 21.5. The molecule has 1 aromatic carbocycles. The molecule has 2 saturated heterocycles. The molecular weight excluding hydrogens is 517 g/mol. The van der Waals surface area contributed by atoms with Crippen molar-refractivity contribution in [3.63, 3.8) is 0 Å². The summed E-state index contributed by atoms with van der Waals surface area (Å²) in [5.41, 5.74) is 2.24. The van der Waals surface area contributed by atoms with E-state index in [0.717, 1.165) is 62.3 Å². The average Bonchev–Trinajstić information content (AvgIpc) is 2.83. The van der Waals surface area contributed by atoms with Gasteiger partial charge in [-0.15, -0.1) is 24.0 Å². The number of rotatable bonds is 5. The minimum absolute atomic E-state index is 0. The van der Waals surface area contributed by atoms with Crippen LogP contribution in [0.3, 0.4) is 0 Å². The monoisotopic (exact) mass is 549 g/mol. The highest BCUT2D eigenvalue weighted by atomic mass is 127. The molecule has 0 bridgehead atoms. The standard InChI is InChI=1S/C23H31N7O.HI/c1-2-24-23(29-15-13-28(14-16-29)21-5-3-4-10-25-21)27-17-19-6-8-20(9-7-19)30-12-11-26-22(31)18-30;/h3-10H,2,11-18H2,1H3,(H,24,27)(H,26,31);1H. The molecule has 1 aromatic heterocycles. The molecule has 0 saturated carbocycles. The first-order valence-corrected chi connectivity index (χ1v) is 11.0. The summed E-state index contributed by atoms with van der Waals surface area (Å²) >= 11 is 0. The number of pyridine rings is 1. The van der Waals surface area contributed by atoms with Gasteiger partial charge in [0, 0.05) is 57.7 Å². The fourth-order valence-corrected chi connectivity index (χ4v) is 3.95. The van der Waals surface area contributed by atoms with Gasteiger partial charge in [-0.05, 0) is 36.8 Å². The van der Waals surface area contributed by atoms with Crippen molar-refractivity contribution in [2.24, 2.45) is 4.99 Å². The third-order valence-electron chi connectivity index (χ3n) is 5.64. The molecule has 0 aliphatic carbocycles. The first-order chi connectivity index (χ1) is 15.2. The van der Waals surface area contributed by atoms with Gasteiger partial charge in [-0.3, -0.25) is 4.79 Å². The van der Waals surface area contributed by atoms with E-state index in [-0.39, 0.29) is 29.9 Å². The Morgan fingerprint density at radius 2 is 1.84 bits per heavy atom. The van der Waals surface area contributed by atoms with Crippen LogP contribution in [-0.2, 0) is 11.3 Å². The van der Waals surface area contributed by atoms with Crippen LogP contribution in [-0.4, -0.2) is 74.1 Å². The number of carbonyl (C=O) groups excluding carboxylic acids is 1. The SMILES string of the molecule is CCNC(=NCc1ccc(N2CCNC(=O)C2)cc1)N1CCN(c2ccccn2)CC1.I. The molecule has 8 nitrogen and oxygen atoms in total. The van der Waals surface area contributed by atoms with Crippen molar-refractivity contribution in [2.75, 3.05) is 62.2 Å². The smallest absolute Gasteiger partial charge is 0.239 e. The van der Waals surface area contributed by atoms with Crippen molar-refractivity contribution in [1.29, 1.82) is 0 Å². The van der Waals surface area contributed by atoms with E-state index in [0.29, 0.717) is 19.6 Å². The summed E-state index contributed by atoms with van der Waals surface area (Å²) in [5, 5.41) is 6.30. The lowest BCUT2D eigenvalue weighted by Gasteiger charge is -2.37. The van der Waals surface area contributed by atoms with E-state index < -0.39 is 0 Å². The largest absolute Gasteiger partial charge is 0.360 e. The molecule has 2 fully saturated rings. The van der Waals surface area contributed by atoms with Gasteiger partial charge in [0.15, 0.2) is 5.96 Å². The van der Waals surface area contributed by atoms with Crippen LogP contribution >= 0.6 is 24.0 Å². The maximum Gasteiger partial charge on any atom is 0.239 e. The number of carbonyl (C=O) groups is 1. The Labute approximate surface area is 207 Å². The number of amides is 1. The van der Waals surface area contributed by atoms with Gasteiger partial charge in [0.2, 0.25) is 5.91 Å². The normalized spacial score (nSPS) is 17.0. The third-order valence-corrected chi connectivity index (χ3v) is 5.64. The third kappa shape index (κ3) is 6.24. The zero-order valence-electron chi connectivity index (χ0n) is 18.5. The minimum Gasteiger partial charge on any atom is -0.360 e. The van der Waals surface area contributed by atoms with Gasteiger partial charge in [-0.2, -0.15) is 0 Å². The Hall–Kier alpha value is -2.56. The summed E-state index contributed by atoms with van der Waals surface area (Å²) in [6.07, 6.45) is 1.85. The summed E-state index contributed by atoms with van der Waals surface area (Å²) in [7, 11) is 0. The second-order valence-electron chi connectivity index (χ2n) is 7.77. The number of nitrogens with one attached hydrogen (secondary N) is 2. The van der Waals surface area contributed by atoms with Crippen molar-refractivity contribution in [1.82, 2.24) is 20.5 Å². The van der Waals surface area contributed by atoms with E-state index in [1.165, 1.54) is 0 Å². The Morgan fingerprint density at radius 3 is 2.50 bits per heavy atom. The highest BCUT2D eigenvalue weighted by Gasteiger charge is 2.20. The Balaban J connectivity index is 0.00000289. The predicted octanol–water partition coefficient (Wildman–Crippen LogP) is 1.92. The lowest BCUT2D eigenvalue weighted by molar-refractivity contribution is -0.120. The average molecular weight is 549 g/mol. The van der Waals surface area contributed by atoms with Crippen LogP contribution in [0.25, 0.3) is 0 Å². The second kappa shape index (κ2) is 11.9. The van der Waals surface area contributed by atoms with Crippen molar-refractivity contribution in [2.45, 2.75) is 13.5 Å². The summed E-state index contributed by atoms with van der Waals surface area (Å²) in [6.45, 7) is 9.23. The van der Waals surface area contributed by atoms with E-state index in [1.807, 2.05) is 18.3 Å². The molecular formula is C23H32IN7O. The number of benzene rings is 1. The summed E-state index contributed by atoms with van der Waals surface area (Å²) in [4.78, 5) is 27.7. The summed E-state index contributed by atoms with van der Waals surface area (Å²) < 4.78 is 0. The molecule has 4 rings (SSSR count). The van der Waals surface area contributed by atoms with Crippen LogP contribution in [0.15, 0.2) is 53.7 Å². The fourth-order valence-electron chi connectivity index (χ4n) is 3.95. The molecule has 172 valence electrons. The Bertz CT molecular complexity index is 883. The molecule has 2 aliphatic heterocycles. The molecule has 0 radical (unpaired) electrons. The molecule has 2 N–H and O–H groups in total. The first-order valence-electron chi connectivity index (χ1n) is 11.0. The maximum absolute atomic E-state index is 11.6. The van der Waals surface area contributed by atoms with E-state index in [4.69, 9.17) is 4.99 Å². The van der Waals surface area contributed by atoms with E-state index in [9.17, 15) is 4.79 Å². The van der Waals surface area contributed by atoms with Crippen LogP contribution in [0.2, 0.25) is 0 Å². The van der Waals surface area contributed by atoms with Crippen LogP contribution in [0, 0.1) is 0 Å². The van der Waals surface area contributed by atoms with E-state index in [2.05, 4.69) is 67.6 Å². The van der Waals surface area contributed by atoms with Gasteiger partial charge < -0.3 is 25.3 Å². The molecule has 9 heteroatoms. The number of aliphatic imine (C=N–C) groups is 1. The molecule has 2 aliphatic rings. The highest BCUT2D eigenvalue weighted by Crippen LogP contribution is 2.17. The zero-order valence-corrected chi connectivity index (χ0v) is 20.9. The van der Waals surface area contributed by atoms with Gasteiger partial charge >= 0.3 is 0 Å². The number of hydrogen-bond donors (Lipinski definition) is 2. The first kappa shape index (κ1) is 24.1. The number of piperazine rings is 2. The van der Waals surface area contributed by atoms with Gasteiger partial charge in [-0.25, -0.2) is 9.98 Å². The molecule has 0 spiro atoms. The van der Waals surface area contributed by atoms with Crippen LogP contribution in [0.5, 0.6) is 0 Å². The fraction of sp³-hybridized carbons (Fsp3) is 0.435. The van der Waals surface area contributed by atoms with E-state index >= 15 is 0 Å². The topological polar surface area (TPSA) is 76.1 Å². The van der Waals surface area contributed by atoms with Gasteiger partial charge in [0.05, 0.1) is 13.1 Å². The number of halogens is 1. The quantitative estimate of drug-likeness (QED) is 0.338. The summed E-state index contributed by atoms with van der Waals surface area (Å²) in [5.74, 6) is 2.08. The van der Waals surface area contributed by atoms with Gasteiger partial charge in [-0.1, -0.05) is 18.2 Å². The molecule has 32 heavy (non-hydrogen) atoms. The lowest BCUT2D eigenvalue weighted by atomic mass is 10.2. The molecule has 0 unspecified atom stereocenters. The number of aromatic nitrogens is 1. The predicted molar refractivity (Wildman–Crippen MR) is 140 cm³/mol. The van der Waals surface area contributed by atoms with Crippen LogP contribution < -0.4 is 20.4 Å². The van der Waals surface area contributed by atoms with Crippen LogP contribution in [0.1, 0.15) is 12.5 Å². The summed E-state index contributed by atoms with van der Waals surface area (Å²) in [6, 6.07) is 14.4. The second-order valence-corrected chi connectivity index (χ2v) is 7.77. The minimum atomic E-state index is 0. The Kier molecular flexibility index (Phi) is 8.95. The van der Waals surface area contributed by atoms with Gasteiger partial charge in [0.25, 0.3) is 0 Å². The van der Waals surface area contributed by atoms with Crippen molar-refractivity contribution >= 4 is 47.3 Å².